The molecule has 2 rings (SSSR count). The number of hydrogen-bond donors (Lipinski definition) is 2. The molecule has 0 saturated carbocycles. The van der Waals surface area contributed by atoms with Crippen molar-refractivity contribution in [2.24, 2.45) is 5.92 Å². The number of hydrogen-bond acceptors (Lipinski definition) is 4. The molecule has 5 heteroatoms. The third-order valence-electron chi connectivity index (χ3n) is 3.13. The molecule has 1 fully saturated rings. The van der Waals surface area contributed by atoms with E-state index < -0.39 is 0 Å². The summed E-state index contributed by atoms with van der Waals surface area (Å²) in [4.78, 5) is 21.3. The van der Waals surface area contributed by atoms with Crippen molar-refractivity contribution in [3.05, 3.63) is 22.1 Å². The van der Waals surface area contributed by atoms with Crippen LogP contribution in [0.1, 0.15) is 32.3 Å². The van der Waals surface area contributed by atoms with Gasteiger partial charge in [-0.1, -0.05) is 13.8 Å². The first-order valence-corrected chi connectivity index (χ1v) is 6.70. The molecule has 1 saturated heterocycles. The summed E-state index contributed by atoms with van der Waals surface area (Å²) >= 11 is 0. The molecule has 0 aliphatic carbocycles. The van der Waals surface area contributed by atoms with Crippen LogP contribution in [0.15, 0.2) is 11.0 Å². The number of rotatable bonds is 5. The molecule has 2 heterocycles. The van der Waals surface area contributed by atoms with Crippen LogP contribution in [0.5, 0.6) is 0 Å². The molecule has 1 aliphatic rings. The van der Waals surface area contributed by atoms with E-state index in [2.05, 4.69) is 34.0 Å². The van der Waals surface area contributed by atoms with E-state index in [-0.39, 0.29) is 5.56 Å². The van der Waals surface area contributed by atoms with Crippen LogP contribution in [0.2, 0.25) is 0 Å². The van der Waals surface area contributed by atoms with Gasteiger partial charge in [0.1, 0.15) is 0 Å². The first-order chi connectivity index (χ1) is 8.66. The SMILES string of the molecule is CC(C)CNCc1cnc(N2CCCC2)[nH]c1=O. The van der Waals surface area contributed by atoms with E-state index in [1.54, 1.807) is 6.20 Å². The zero-order chi connectivity index (χ0) is 13.0. The predicted molar refractivity (Wildman–Crippen MR) is 72.8 cm³/mol. The highest BCUT2D eigenvalue weighted by Crippen LogP contribution is 2.13. The summed E-state index contributed by atoms with van der Waals surface area (Å²) in [7, 11) is 0. The lowest BCUT2D eigenvalue weighted by Gasteiger charge is -2.15. The van der Waals surface area contributed by atoms with Crippen molar-refractivity contribution in [1.29, 1.82) is 0 Å². The van der Waals surface area contributed by atoms with Crippen LogP contribution in [0.4, 0.5) is 5.95 Å². The molecule has 0 bridgehead atoms. The van der Waals surface area contributed by atoms with Gasteiger partial charge in [0.25, 0.3) is 5.56 Å². The Kier molecular flexibility index (Phi) is 4.36. The molecule has 0 atom stereocenters. The third-order valence-corrected chi connectivity index (χ3v) is 3.13. The largest absolute Gasteiger partial charge is 0.342 e. The molecule has 0 unspecified atom stereocenters. The van der Waals surface area contributed by atoms with E-state index in [4.69, 9.17) is 0 Å². The molecule has 2 N–H and O–H groups in total. The van der Waals surface area contributed by atoms with Crippen molar-refractivity contribution in [1.82, 2.24) is 15.3 Å². The lowest BCUT2D eigenvalue weighted by atomic mass is 10.2. The molecule has 1 aliphatic heterocycles. The summed E-state index contributed by atoms with van der Waals surface area (Å²) in [5, 5.41) is 3.26. The minimum Gasteiger partial charge on any atom is -0.342 e. The Morgan fingerprint density at radius 1 is 1.44 bits per heavy atom. The van der Waals surface area contributed by atoms with E-state index in [1.165, 1.54) is 12.8 Å². The summed E-state index contributed by atoms with van der Waals surface area (Å²) < 4.78 is 0. The highest BCUT2D eigenvalue weighted by Gasteiger charge is 2.14. The van der Waals surface area contributed by atoms with Crippen LogP contribution < -0.4 is 15.8 Å². The molecule has 5 nitrogen and oxygen atoms in total. The van der Waals surface area contributed by atoms with Crippen molar-refractivity contribution < 1.29 is 0 Å². The van der Waals surface area contributed by atoms with E-state index >= 15 is 0 Å². The van der Waals surface area contributed by atoms with Gasteiger partial charge in [-0.3, -0.25) is 9.78 Å². The van der Waals surface area contributed by atoms with Crippen LogP contribution in [0.3, 0.4) is 0 Å². The van der Waals surface area contributed by atoms with Gasteiger partial charge in [0.15, 0.2) is 0 Å². The Balaban J connectivity index is 1.98. The second kappa shape index (κ2) is 6.00. The number of nitrogens with one attached hydrogen (secondary N) is 2. The standard InChI is InChI=1S/C13H22N4O/c1-10(2)7-14-8-11-9-15-13(16-12(11)18)17-5-3-4-6-17/h9-10,14H,3-8H2,1-2H3,(H,15,16,18). The lowest BCUT2D eigenvalue weighted by Crippen LogP contribution is -2.28. The fourth-order valence-corrected chi connectivity index (χ4v) is 2.12. The van der Waals surface area contributed by atoms with Gasteiger partial charge >= 0.3 is 0 Å². The normalized spacial score (nSPS) is 15.6. The van der Waals surface area contributed by atoms with Gasteiger partial charge in [-0.2, -0.15) is 0 Å². The Bertz CT molecular complexity index is 435. The minimum absolute atomic E-state index is 0.0249. The summed E-state index contributed by atoms with van der Waals surface area (Å²) in [6.07, 6.45) is 4.06. The Hall–Kier alpha value is -1.36. The molecule has 100 valence electrons. The lowest BCUT2D eigenvalue weighted by molar-refractivity contribution is 0.550. The maximum Gasteiger partial charge on any atom is 0.256 e. The van der Waals surface area contributed by atoms with Crippen molar-refractivity contribution in [2.75, 3.05) is 24.5 Å². The van der Waals surface area contributed by atoms with Crippen molar-refractivity contribution in [2.45, 2.75) is 33.2 Å². The molecule has 0 aromatic carbocycles. The first kappa shape index (κ1) is 13.1. The van der Waals surface area contributed by atoms with Gasteiger partial charge in [-0.25, -0.2) is 4.98 Å². The summed E-state index contributed by atoms with van der Waals surface area (Å²) in [5.41, 5.74) is 0.682. The second-order valence-corrected chi connectivity index (χ2v) is 5.28. The highest BCUT2D eigenvalue weighted by molar-refractivity contribution is 5.30. The average molecular weight is 250 g/mol. The molecule has 0 amide bonds. The fourth-order valence-electron chi connectivity index (χ4n) is 2.12. The zero-order valence-corrected chi connectivity index (χ0v) is 11.2. The summed E-state index contributed by atoms with van der Waals surface area (Å²) in [6, 6.07) is 0. The molecule has 0 radical (unpaired) electrons. The Morgan fingerprint density at radius 2 is 2.17 bits per heavy atom. The molecule has 1 aromatic heterocycles. The Morgan fingerprint density at radius 3 is 2.78 bits per heavy atom. The highest BCUT2D eigenvalue weighted by atomic mass is 16.1. The topological polar surface area (TPSA) is 61.0 Å². The number of anilines is 1. The maximum atomic E-state index is 11.9. The number of H-pyrrole nitrogens is 1. The monoisotopic (exact) mass is 250 g/mol. The van der Waals surface area contributed by atoms with Crippen LogP contribution in [-0.4, -0.2) is 29.6 Å². The number of aromatic nitrogens is 2. The number of aromatic amines is 1. The van der Waals surface area contributed by atoms with Crippen molar-refractivity contribution in [3.8, 4) is 0 Å². The molecule has 0 spiro atoms. The summed E-state index contributed by atoms with van der Waals surface area (Å²) in [6.45, 7) is 7.77. The van der Waals surface area contributed by atoms with Gasteiger partial charge in [-0.05, 0) is 25.3 Å². The molecule has 1 aromatic rings. The van der Waals surface area contributed by atoms with Gasteiger partial charge in [0.05, 0.1) is 0 Å². The average Bonchev–Trinajstić information content (AvgIpc) is 2.84. The van der Waals surface area contributed by atoms with Gasteiger partial charge < -0.3 is 10.2 Å². The van der Waals surface area contributed by atoms with E-state index in [0.29, 0.717) is 24.0 Å². The number of nitrogens with zero attached hydrogens (tertiary/aromatic N) is 2. The van der Waals surface area contributed by atoms with Gasteiger partial charge in [-0.15, -0.1) is 0 Å². The van der Waals surface area contributed by atoms with Gasteiger partial charge in [0, 0.05) is 31.4 Å². The smallest absolute Gasteiger partial charge is 0.256 e. The van der Waals surface area contributed by atoms with Gasteiger partial charge in [0.2, 0.25) is 5.95 Å². The van der Waals surface area contributed by atoms with E-state index in [1.807, 2.05) is 0 Å². The van der Waals surface area contributed by atoms with Crippen LogP contribution in [0.25, 0.3) is 0 Å². The van der Waals surface area contributed by atoms with Crippen molar-refractivity contribution in [3.63, 3.8) is 0 Å². The van der Waals surface area contributed by atoms with Crippen molar-refractivity contribution >= 4 is 5.95 Å². The first-order valence-electron chi connectivity index (χ1n) is 6.70. The zero-order valence-electron chi connectivity index (χ0n) is 11.2. The molecular weight excluding hydrogens is 228 g/mol. The third kappa shape index (κ3) is 3.32. The van der Waals surface area contributed by atoms with Crippen LogP contribution >= 0.6 is 0 Å². The quantitative estimate of drug-likeness (QED) is 0.822. The van der Waals surface area contributed by atoms with Crippen LogP contribution in [0, 0.1) is 5.92 Å². The van der Waals surface area contributed by atoms with Crippen LogP contribution in [-0.2, 0) is 6.54 Å². The molecule has 18 heavy (non-hydrogen) atoms. The van der Waals surface area contributed by atoms with E-state index in [0.717, 1.165) is 19.6 Å². The van der Waals surface area contributed by atoms with E-state index in [9.17, 15) is 4.79 Å². The Labute approximate surface area is 108 Å². The maximum absolute atomic E-state index is 11.9. The molecular formula is C13H22N4O. The fraction of sp³-hybridized carbons (Fsp3) is 0.692. The minimum atomic E-state index is -0.0249. The second-order valence-electron chi connectivity index (χ2n) is 5.28. The predicted octanol–water partition coefficient (Wildman–Crippen LogP) is 1.12. The summed E-state index contributed by atoms with van der Waals surface area (Å²) in [5.74, 6) is 1.30.